The second kappa shape index (κ2) is 10.4. The molecule has 1 fully saturated rings. The monoisotopic (exact) mass is 475 g/mol. The van der Waals surface area contributed by atoms with E-state index in [1.807, 2.05) is 13.8 Å². The van der Waals surface area contributed by atoms with E-state index < -0.39 is 29.7 Å². The fourth-order valence-electron chi connectivity index (χ4n) is 3.97. The van der Waals surface area contributed by atoms with Crippen molar-refractivity contribution < 1.29 is 23.5 Å². The van der Waals surface area contributed by atoms with E-state index >= 15 is 0 Å². The summed E-state index contributed by atoms with van der Waals surface area (Å²) in [5.41, 5.74) is 2.47. The van der Waals surface area contributed by atoms with Crippen LogP contribution in [0.25, 0.3) is 0 Å². The highest BCUT2D eigenvalue weighted by Gasteiger charge is 2.46. The van der Waals surface area contributed by atoms with Crippen LogP contribution in [0.2, 0.25) is 0 Å². The van der Waals surface area contributed by atoms with E-state index in [1.165, 1.54) is 17.0 Å². The second-order valence-corrected chi connectivity index (χ2v) is 8.28. The molecule has 0 saturated carbocycles. The average Bonchev–Trinajstić information content (AvgIpc) is 3.05. The summed E-state index contributed by atoms with van der Waals surface area (Å²) in [7, 11) is 0. The van der Waals surface area contributed by atoms with Crippen LogP contribution in [0.3, 0.4) is 0 Å². The minimum atomic E-state index is -1.03. The van der Waals surface area contributed by atoms with Crippen LogP contribution in [0.4, 0.5) is 20.6 Å². The topological polar surface area (TPSA) is 79.0 Å². The molecule has 0 radical (unpaired) electrons. The fraction of sp³-hybridized carbons (Fsp3) is 0.222. The van der Waals surface area contributed by atoms with Crippen molar-refractivity contribution >= 4 is 29.2 Å². The van der Waals surface area contributed by atoms with Crippen molar-refractivity contribution in [1.82, 2.24) is 4.90 Å². The van der Waals surface area contributed by atoms with Crippen molar-refractivity contribution in [2.75, 3.05) is 16.8 Å². The van der Waals surface area contributed by atoms with Crippen molar-refractivity contribution in [2.24, 2.45) is 0 Å². The van der Waals surface area contributed by atoms with Crippen molar-refractivity contribution in [3.05, 3.63) is 89.7 Å². The predicted octanol–water partition coefficient (Wildman–Crippen LogP) is 4.90. The molecular weight excluding hydrogens is 449 g/mol. The molecule has 7 nitrogen and oxygen atoms in total. The molecule has 0 aromatic heterocycles. The Hall–Kier alpha value is -4.20. The SMILES string of the molecule is CCOc1ccc(NC(=O)C[C@@H]2C(=O)N(c3ccc(C)cc3)C(=O)N2Cc2cccc(F)c2)cc1. The highest BCUT2D eigenvalue weighted by Crippen LogP contribution is 2.29. The van der Waals surface area contributed by atoms with Gasteiger partial charge in [-0.25, -0.2) is 14.1 Å². The van der Waals surface area contributed by atoms with Crippen molar-refractivity contribution in [1.29, 1.82) is 0 Å². The normalized spacial score (nSPS) is 15.5. The van der Waals surface area contributed by atoms with E-state index in [4.69, 9.17) is 4.74 Å². The number of nitrogens with one attached hydrogen (secondary N) is 1. The van der Waals surface area contributed by atoms with Gasteiger partial charge in [0.15, 0.2) is 0 Å². The molecule has 4 amide bonds. The maximum Gasteiger partial charge on any atom is 0.332 e. The van der Waals surface area contributed by atoms with Gasteiger partial charge in [0, 0.05) is 12.2 Å². The molecule has 4 rings (SSSR count). The number of halogens is 1. The molecule has 0 unspecified atom stereocenters. The Labute approximate surface area is 203 Å². The lowest BCUT2D eigenvalue weighted by atomic mass is 10.1. The number of carbonyl (C=O) groups excluding carboxylic acids is 3. The molecule has 1 atom stereocenters. The summed E-state index contributed by atoms with van der Waals surface area (Å²) in [6.07, 6.45) is -0.241. The lowest BCUT2D eigenvalue weighted by molar-refractivity contribution is -0.124. The lowest BCUT2D eigenvalue weighted by Gasteiger charge is -2.21. The number of urea groups is 1. The van der Waals surface area contributed by atoms with Gasteiger partial charge in [-0.05, 0) is 67.9 Å². The van der Waals surface area contributed by atoms with E-state index in [1.54, 1.807) is 60.7 Å². The first-order chi connectivity index (χ1) is 16.9. The Bertz CT molecular complexity index is 1230. The third kappa shape index (κ3) is 5.48. The van der Waals surface area contributed by atoms with Gasteiger partial charge in [0.25, 0.3) is 5.91 Å². The first-order valence-corrected chi connectivity index (χ1v) is 11.3. The van der Waals surface area contributed by atoms with Gasteiger partial charge in [-0.3, -0.25) is 9.59 Å². The fourth-order valence-corrected chi connectivity index (χ4v) is 3.97. The number of imide groups is 1. The number of ether oxygens (including phenoxy) is 1. The van der Waals surface area contributed by atoms with Gasteiger partial charge in [0.1, 0.15) is 17.6 Å². The van der Waals surface area contributed by atoms with Crippen LogP contribution >= 0.6 is 0 Å². The predicted molar refractivity (Wildman–Crippen MR) is 131 cm³/mol. The number of benzene rings is 3. The number of carbonyl (C=O) groups is 3. The Morgan fingerprint density at radius 1 is 1.03 bits per heavy atom. The molecule has 0 aliphatic carbocycles. The van der Waals surface area contributed by atoms with Gasteiger partial charge in [-0.15, -0.1) is 0 Å². The number of nitrogens with zero attached hydrogens (tertiary/aromatic N) is 2. The highest BCUT2D eigenvalue weighted by molar-refractivity contribution is 6.22. The molecule has 8 heteroatoms. The van der Waals surface area contributed by atoms with E-state index in [-0.39, 0.29) is 13.0 Å². The third-order valence-electron chi connectivity index (χ3n) is 5.68. The number of anilines is 2. The Balaban J connectivity index is 1.56. The lowest BCUT2D eigenvalue weighted by Crippen LogP contribution is -2.37. The van der Waals surface area contributed by atoms with Gasteiger partial charge >= 0.3 is 6.03 Å². The Morgan fingerprint density at radius 3 is 2.40 bits per heavy atom. The Kier molecular flexibility index (Phi) is 7.10. The zero-order valence-corrected chi connectivity index (χ0v) is 19.5. The first kappa shape index (κ1) is 23.9. The maximum absolute atomic E-state index is 13.8. The van der Waals surface area contributed by atoms with Crippen molar-refractivity contribution in [3.63, 3.8) is 0 Å². The van der Waals surface area contributed by atoms with Crippen LogP contribution in [-0.2, 0) is 16.1 Å². The smallest absolute Gasteiger partial charge is 0.332 e. The molecule has 3 aromatic carbocycles. The average molecular weight is 476 g/mol. The van der Waals surface area contributed by atoms with Crippen molar-refractivity contribution in [3.8, 4) is 5.75 Å². The van der Waals surface area contributed by atoms with Gasteiger partial charge in [-0.2, -0.15) is 0 Å². The van der Waals surface area contributed by atoms with Crippen LogP contribution in [0.5, 0.6) is 5.75 Å². The largest absolute Gasteiger partial charge is 0.494 e. The summed E-state index contributed by atoms with van der Waals surface area (Å²) in [6, 6.07) is 18.1. The Morgan fingerprint density at radius 2 is 1.74 bits per heavy atom. The second-order valence-electron chi connectivity index (χ2n) is 8.28. The minimum Gasteiger partial charge on any atom is -0.494 e. The first-order valence-electron chi connectivity index (χ1n) is 11.3. The quantitative estimate of drug-likeness (QED) is 0.470. The summed E-state index contributed by atoms with van der Waals surface area (Å²) >= 11 is 0. The summed E-state index contributed by atoms with van der Waals surface area (Å²) in [5.74, 6) is -0.690. The van der Waals surface area contributed by atoms with E-state index in [0.717, 1.165) is 10.5 Å². The van der Waals surface area contributed by atoms with Gasteiger partial charge in [0.05, 0.1) is 18.7 Å². The molecule has 0 bridgehead atoms. The molecule has 180 valence electrons. The number of rotatable bonds is 8. The molecule has 1 N–H and O–H groups in total. The number of amides is 4. The summed E-state index contributed by atoms with van der Waals surface area (Å²) in [4.78, 5) is 41.9. The molecule has 1 aliphatic rings. The molecule has 1 aliphatic heterocycles. The number of aryl methyl sites for hydroxylation is 1. The van der Waals surface area contributed by atoms with Crippen LogP contribution in [0, 0.1) is 12.7 Å². The van der Waals surface area contributed by atoms with E-state index in [0.29, 0.717) is 29.3 Å². The standard InChI is InChI=1S/C27H26FN3O4/c1-3-35-23-13-9-21(10-14-23)29-25(32)16-24-26(33)31(22-11-7-18(2)8-12-22)27(34)30(24)17-19-5-4-6-20(28)15-19/h4-15,24H,3,16-17H2,1-2H3,(H,29,32)/t24-/m1/s1. The van der Waals surface area contributed by atoms with Gasteiger partial charge in [0.2, 0.25) is 5.91 Å². The molecule has 1 saturated heterocycles. The summed E-state index contributed by atoms with van der Waals surface area (Å²) in [5, 5.41) is 2.77. The summed E-state index contributed by atoms with van der Waals surface area (Å²) < 4.78 is 19.2. The van der Waals surface area contributed by atoms with Crippen LogP contribution in [0.1, 0.15) is 24.5 Å². The van der Waals surface area contributed by atoms with Crippen molar-refractivity contribution in [2.45, 2.75) is 32.9 Å². The molecular formula is C27H26FN3O4. The van der Waals surface area contributed by atoms with Crippen LogP contribution in [0.15, 0.2) is 72.8 Å². The van der Waals surface area contributed by atoms with E-state index in [9.17, 15) is 18.8 Å². The zero-order chi connectivity index (χ0) is 24.9. The van der Waals surface area contributed by atoms with Crippen LogP contribution in [-0.4, -0.2) is 35.4 Å². The zero-order valence-electron chi connectivity index (χ0n) is 19.5. The summed E-state index contributed by atoms with van der Waals surface area (Å²) in [6.45, 7) is 4.31. The van der Waals surface area contributed by atoms with E-state index in [2.05, 4.69) is 5.32 Å². The molecule has 3 aromatic rings. The minimum absolute atomic E-state index is 0.00824. The molecule has 35 heavy (non-hydrogen) atoms. The van der Waals surface area contributed by atoms with Crippen LogP contribution < -0.4 is 15.0 Å². The molecule has 1 heterocycles. The third-order valence-corrected chi connectivity index (χ3v) is 5.68. The number of hydrogen-bond acceptors (Lipinski definition) is 4. The van der Waals surface area contributed by atoms with Gasteiger partial charge in [-0.1, -0.05) is 29.8 Å². The maximum atomic E-state index is 13.8. The van der Waals surface area contributed by atoms with Gasteiger partial charge < -0.3 is 15.0 Å². The molecule has 0 spiro atoms. The number of hydrogen-bond donors (Lipinski definition) is 1. The highest BCUT2D eigenvalue weighted by atomic mass is 19.1.